The summed E-state index contributed by atoms with van der Waals surface area (Å²) in [5, 5.41) is 40.1. The minimum absolute atomic E-state index is 0.0121. The standard InChI is InChI=1S/C23H18O6/c1-12-4-2-3-5-13(12)6-15-7-14(8-19(27)23(15)28)20-11-18(26)22-17(25)9-16(24)10-21(22)29-20/h2-5,7-11,24-25,27-28H,6H2,1H3. The zero-order valence-electron chi connectivity index (χ0n) is 15.5. The van der Waals surface area contributed by atoms with Crippen LogP contribution >= 0.6 is 0 Å². The van der Waals surface area contributed by atoms with Crippen LogP contribution in [0.4, 0.5) is 0 Å². The number of aromatic hydroxyl groups is 4. The zero-order chi connectivity index (χ0) is 20.7. The van der Waals surface area contributed by atoms with Crippen molar-refractivity contribution in [2.75, 3.05) is 0 Å². The summed E-state index contributed by atoms with van der Waals surface area (Å²) in [4.78, 5) is 12.5. The molecule has 0 atom stereocenters. The molecule has 6 nitrogen and oxygen atoms in total. The van der Waals surface area contributed by atoms with Gasteiger partial charge in [-0.25, -0.2) is 0 Å². The van der Waals surface area contributed by atoms with Gasteiger partial charge in [-0.15, -0.1) is 0 Å². The lowest BCUT2D eigenvalue weighted by Crippen LogP contribution is -2.01. The van der Waals surface area contributed by atoms with Crippen LogP contribution in [0.5, 0.6) is 23.0 Å². The summed E-state index contributed by atoms with van der Waals surface area (Å²) >= 11 is 0. The maximum absolute atomic E-state index is 12.5. The average Bonchev–Trinajstić information content (AvgIpc) is 2.66. The van der Waals surface area contributed by atoms with E-state index in [0.29, 0.717) is 17.5 Å². The Bertz CT molecular complexity index is 1300. The third kappa shape index (κ3) is 3.36. The first kappa shape index (κ1) is 18.4. The number of phenols is 4. The van der Waals surface area contributed by atoms with Crippen molar-refractivity contribution in [3.05, 3.63) is 81.5 Å². The Morgan fingerprint density at radius 1 is 0.862 bits per heavy atom. The van der Waals surface area contributed by atoms with Crippen LogP contribution in [-0.4, -0.2) is 20.4 Å². The van der Waals surface area contributed by atoms with Crippen LogP contribution in [0.2, 0.25) is 0 Å². The van der Waals surface area contributed by atoms with Crippen molar-refractivity contribution in [1.29, 1.82) is 0 Å². The number of rotatable bonds is 3. The highest BCUT2D eigenvalue weighted by atomic mass is 16.3. The Morgan fingerprint density at radius 2 is 1.62 bits per heavy atom. The molecular formula is C23H18O6. The molecule has 0 bridgehead atoms. The molecule has 4 rings (SSSR count). The SMILES string of the molecule is Cc1ccccc1Cc1cc(-c2cc(=O)c3c(O)cc(O)cc3o2)cc(O)c1O. The Labute approximate surface area is 165 Å². The summed E-state index contributed by atoms with van der Waals surface area (Å²) in [6.07, 6.45) is 0.374. The van der Waals surface area contributed by atoms with Crippen LogP contribution in [0.1, 0.15) is 16.7 Å². The molecule has 4 N–H and O–H groups in total. The molecule has 3 aromatic carbocycles. The second-order valence-electron chi connectivity index (χ2n) is 6.92. The summed E-state index contributed by atoms with van der Waals surface area (Å²) in [7, 11) is 0. The highest BCUT2D eigenvalue weighted by molar-refractivity contribution is 5.86. The van der Waals surface area contributed by atoms with Crippen LogP contribution in [0, 0.1) is 6.92 Å². The molecule has 29 heavy (non-hydrogen) atoms. The highest BCUT2D eigenvalue weighted by Crippen LogP contribution is 2.37. The third-order valence-electron chi connectivity index (χ3n) is 4.89. The highest BCUT2D eigenvalue weighted by Gasteiger charge is 2.16. The number of fused-ring (bicyclic) bond motifs is 1. The van der Waals surface area contributed by atoms with Crippen LogP contribution in [0.3, 0.4) is 0 Å². The van der Waals surface area contributed by atoms with Crippen molar-refractivity contribution < 1.29 is 24.8 Å². The number of hydrogen-bond donors (Lipinski definition) is 4. The van der Waals surface area contributed by atoms with Crippen LogP contribution in [0.25, 0.3) is 22.3 Å². The van der Waals surface area contributed by atoms with Crippen molar-refractivity contribution >= 4 is 11.0 Å². The van der Waals surface area contributed by atoms with E-state index in [1.165, 1.54) is 18.2 Å². The molecule has 4 aromatic rings. The maximum Gasteiger partial charge on any atom is 0.197 e. The van der Waals surface area contributed by atoms with Crippen molar-refractivity contribution in [3.63, 3.8) is 0 Å². The van der Waals surface area contributed by atoms with Gasteiger partial charge in [0.25, 0.3) is 0 Å². The van der Waals surface area contributed by atoms with Gasteiger partial charge in [0.15, 0.2) is 16.9 Å². The maximum atomic E-state index is 12.5. The lowest BCUT2D eigenvalue weighted by atomic mass is 9.97. The molecular weight excluding hydrogens is 372 g/mol. The van der Waals surface area contributed by atoms with Gasteiger partial charge in [0.05, 0.1) is 0 Å². The first-order valence-corrected chi connectivity index (χ1v) is 8.93. The molecule has 146 valence electrons. The van der Waals surface area contributed by atoms with E-state index < -0.39 is 5.43 Å². The zero-order valence-corrected chi connectivity index (χ0v) is 15.5. The van der Waals surface area contributed by atoms with E-state index in [2.05, 4.69) is 0 Å². The molecule has 6 heteroatoms. The molecule has 0 saturated carbocycles. The molecule has 0 fully saturated rings. The Balaban J connectivity index is 1.87. The summed E-state index contributed by atoms with van der Waals surface area (Å²) in [5.41, 5.74) is 2.39. The molecule has 0 aliphatic heterocycles. The minimum atomic E-state index is -0.494. The van der Waals surface area contributed by atoms with Gasteiger partial charge in [-0.2, -0.15) is 0 Å². The lowest BCUT2D eigenvalue weighted by Gasteiger charge is -2.12. The first-order chi connectivity index (χ1) is 13.8. The summed E-state index contributed by atoms with van der Waals surface area (Å²) < 4.78 is 5.70. The molecule has 1 aromatic heterocycles. The molecule has 0 aliphatic rings. The first-order valence-electron chi connectivity index (χ1n) is 8.93. The van der Waals surface area contributed by atoms with Gasteiger partial charge in [-0.1, -0.05) is 24.3 Å². The van der Waals surface area contributed by atoms with Crippen LogP contribution in [0.15, 0.2) is 63.8 Å². The Kier molecular flexibility index (Phi) is 4.39. The average molecular weight is 390 g/mol. The van der Waals surface area contributed by atoms with E-state index in [-0.39, 0.29) is 39.7 Å². The Hall–Kier alpha value is -3.93. The topological polar surface area (TPSA) is 111 Å². The molecule has 0 amide bonds. The number of phenolic OH excluding ortho intramolecular Hbond substituents is 4. The second-order valence-corrected chi connectivity index (χ2v) is 6.92. The molecule has 0 radical (unpaired) electrons. The molecule has 1 heterocycles. The van der Waals surface area contributed by atoms with Crippen molar-refractivity contribution in [1.82, 2.24) is 0 Å². The monoisotopic (exact) mass is 390 g/mol. The predicted molar refractivity (Wildman–Crippen MR) is 109 cm³/mol. The fraction of sp³-hybridized carbons (Fsp3) is 0.0870. The van der Waals surface area contributed by atoms with Gasteiger partial charge in [0.2, 0.25) is 0 Å². The number of aryl methyl sites for hydroxylation is 1. The quantitative estimate of drug-likeness (QED) is 0.391. The predicted octanol–water partition coefficient (Wildman–Crippen LogP) is 4.18. The Morgan fingerprint density at radius 3 is 2.38 bits per heavy atom. The molecule has 0 aliphatic carbocycles. The van der Waals surface area contributed by atoms with E-state index in [9.17, 15) is 25.2 Å². The number of benzene rings is 3. The normalized spacial score (nSPS) is 11.1. The lowest BCUT2D eigenvalue weighted by molar-refractivity contribution is 0.400. The van der Waals surface area contributed by atoms with Gasteiger partial charge in [0, 0.05) is 35.7 Å². The van der Waals surface area contributed by atoms with E-state index in [1.54, 1.807) is 6.07 Å². The van der Waals surface area contributed by atoms with Gasteiger partial charge in [0.1, 0.15) is 28.2 Å². The summed E-state index contributed by atoms with van der Waals surface area (Å²) in [6.45, 7) is 1.96. The summed E-state index contributed by atoms with van der Waals surface area (Å²) in [6, 6.07) is 14.1. The summed E-state index contributed by atoms with van der Waals surface area (Å²) in [5.74, 6) is -1.07. The van der Waals surface area contributed by atoms with Gasteiger partial charge in [-0.05, 0) is 30.2 Å². The fourth-order valence-corrected chi connectivity index (χ4v) is 3.36. The van der Waals surface area contributed by atoms with Gasteiger partial charge < -0.3 is 24.8 Å². The van der Waals surface area contributed by atoms with Crippen molar-refractivity contribution in [2.45, 2.75) is 13.3 Å². The van der Waals surface area contributed by atoms with Crippen LogP contribution in [-0.2, 0) is 6.42 Å². The number of hydrogen-bond acceptors (Lipinski definition) is 6. The van der Waals surface area contributed by atoms with E-state index in [0.717, 1.165) is 17.2 Å². The second kappa shape index (κ2) is 6.91. The minimum Gasteiger partial charge on any atom is -0.508 e. The van der Waals surface area contributed by atoms with Crippen molar-refractivity contribution in [3.8, 4) is 34.3 Å². The van der Waals surface area contributed by atoms with Crippen LogP contribution < -0.4 is 5.43 Å². The van der Waals surface area contributed by atoms with E-state index in [4.69, 9.17) is 4.42 Å². The smallest absolute Gasteiger partial charge is 0.197 e. The fourth-order valence-electron chi connectivity index (χ4n) is 3.36. The molecule has 0 saturated heterocycles. The van der Waals surface area contributed by atoms with Gasteiger partial charge >= 0.3 is 0 Å². The van der Waals surface area contributed by atoms with Gasteiger partial charge in [-0.3, -0.25) is 4.79 Å². The largest absolute Gasteiger partial charge is 0.508 e. The van der Waals surface area contributed by atoms with E-state index >= 15 is 0 Å². The third-order valence-corrected chi connectivity index (χ3v) is 4.89. The van der Waals surface area contributed by atoms with E-state index in [1.807, 2.05) is 31.2 Å². The molecule has 0 unspecified atom stereocenters. The van der Waals surface area contributed by atoms with Crippen molar-refractivity contribution in [2.24, 2.45) is 0 Å². The molecule has 0 spiro atoms.